The van der Waals surface area contributed by atoms with Gasteiger partial charge in [-0.3, -0.25) is 4.79 Å². The third-order valence-corrected chi connectivity index (χ3v) is 6.15. The average Bonchev–Trinajstić information content (AvgIpc) is 3.42. The van der Waals surface area contributed by atoms with Gasteiger partial charge in [-0.1, -0.05) is 37.3 Å². The number of hydrogen-bond donors (Lipinski definition) is 2. The molecule has 2 N–H and O–H groups in total. The van der Waals surface area contributed by atoms with E-state index in [2.05, 4.69) is 22.2 Å². The first-order valence-electron chi connectivity index (χ1n) is 8.40. The van der Waals surface area contributed by atoms with Crippen LogP contribution in [-0.2, 0) is 15.4 Å². The van der Waals surface area contributed by atoms with Gasteiger partial charge < -0.3 is 5.32 Å². The molecule has 1 fully saturated rings. The van der Waals surface area contributed by atoms with Gasteiger partial charge in [-0.05, 0) is 42.7 Å². The van der Waals surface area contributed by atoms with Crippen LogP contribution < -0.4 is 10.0 Å². The maximum absolute atomic E-state index is 12.4. The summed E-state index contributed by atoms with van der Waals surface area (Å²) in [5.41, 5.74) is 1.76. The molecule has 6 heteroatoms. The summed E-state index contributed by atoms with van der Waals surface area (Å²) in [6, 6.07) is 16.2. The van der Waals surface area contributed by atoms with Gasteiger partial charge in [0.1, 0.15) is 0 Å². The Bertz CT molecular complexity index is 842. The number of hydrogen-bond acceptors (Lipinski definition) is 3. The van der Waals surface area contributed by atoms with Crippen molar-refractivity contribution in [3.05, 3.63) is 65.7 Å². The second-order valence-electron chi connectivity index (χ2n) is 6.35. The Morgan fingerprint density at radius 3 is 2.24 bits per heavy atom. The van der Waals surface area contributed by atoms with Gasteiger partial charge in [-0.25, -0.2) is 13.1 Å². The zero-order chi connectivity index (χ0) is 17.9. The molecule has 0 bridgehead atoms. The van der Waals surface area contributed by atoms with Crippen LogP contribution in [0.15, 0.2) is 59.5 Å². The van der Waals surface area contributed by atoms with Crippen molar-refractivity contribution in [2.24, 2.45) is 0 Å². The summed E-state index contributed by atoms with van der Waals surface area (Å²) in [6.07, 6.45) is 2.13. The molecule has 0 saturated heterocycles. The molecule has 1 saturated carbocycles. The molecule has 0 spiro atoms. The summed E-state index contributed by atoms with van der Waals surface area (Å²) in [5, 5.41) is 2.98. The van der Waals surface area contributed by atoms with Crippen LogP contribution in [0.2, 0.25) is 0 Å². The summed E-state index contributed by atoms with van der Waals surface area (Å²) < 4.78 is 26.3. The van der Waals surface area contributed by atoms with Gasteiger partial charge >= 0.3 is 0 Å². The zero-order valence-corrected chi connectivity index (χ0v) is 15.0. The minimum Gasteiger partial charge on any atom is -0.351 e. The van der Waals surface area contributed by atoms with Crippen molar-refractivity contribution >= 4 is 15.9 Å². The summed E-state index contributed by atoms with van der Waals surface area (Å²) in [4.78, 5) is 12.5. The van der Waals surface area contributed by atoms with Crippen molar-refractivity contribution in [1.29, 1.82) is 0 Å². The molecule has 1 aliphatic rings. The SMILES string of the molecule is CCNS(=O)(=O)c1ccc(C(=O)NCC2(c3ccccc3)CC2)cc1. The molecule has 5 nitrogen and oxygen atoms in total. The molecule has 1 amide bonds. The standard InChI is InChI=1S/C19H22N2O3S/c1-2-21-25(23,24)17-10-8-15(9-11-17)18(22)20-14-19(12-13-19)16-6-4-3-5-7-16/h3-11,21H,2,12-14H2,1H3,(H,20,22). The van der Waals surface area contributed by atoms with E-state index >= 15 is 0 Å². The lowest BCUT2D eigenvalue weighted by Gasteiger charge is -2.16. The summed E-state index contributed by atoms with van der Waals surface area (Å²) in [7, 11) is -3.50. The highest BCUT2D eigenvalue weighted by Gasteiger charge is 2.44. The number of benzene rings is 2. The van der Waals surface area contributed by atoms with Crippen LogP contribution in [0.3, 0.4) is 0 Å². The van der Waals surface area contributed by atoms with Gasteiger partial charge in [0, 0.05) is 24.1 Å². The van der Waals surface area contributed by atoms with E-state index in [1.807, 2.05) is 18.2 Å². The van der Waals surface area contributed by atoms with Crippen LogP contribution in [-0.4, -0.2) is 27.4 Å². The maximum atomic E-state index is 12.4. The van der Waals surface area contributed by atoms with Gasteiger partial charge in [0.15, 0.2) is 0 Å². The number of amides is 1. The Morgan fingerprint density at radius 1 is 1.04 bits per heavy atom. The number of carbonyl (C=O) groups excluding carboxylic acids is 1. The van der Waals surface area contributed by atoms with E-state index in [0.29, 0.717) is 18.7 Å². The van der Waals surface area contributed by atoms with Gasteiger partial charge in [-0.2, -0.15) is 0 Å². The quantitative estimate of drug-likeness (QED) is 0.798. The first kappa shape index (κ1) is 17.6. The van der Waals surface area contributed by atoms with Crippen molar-refractivity contribution in [2.75, 3.05) is 13.1 Å². The lowest BCUT2D eigenvalue weighted by molar-refractivity contribution is 0.0949. The Balaban J connectivity index is 1.64. The van der Waals surface area contributed by atoms with Crippen molar-refractivity contribution in [2.45, 2.75) is 30.1 Å². The molecule has 0 aromatic heterocycles. The Kier molecular flexibility index (Phi) is 4.92. The Morgan fingerprint density at radius 2 is 1.68 bits per heavy atom. The van der Waals surface area contributed by atoms with E-state index in [-0.39, 0.29) is 16.2 Å². The van der Waals surface area contributed by atoms with Crippen molar-refractivity contribution < 1.29 is 13.2 Å². The number of carbonyl (C=O) groups is 1. The predicted octanol–water partition coefficient (Wildman–Crippen LogP) is 2.45. The molecule has 132 valence electrons. The van der Waals surface area contributed by atoms with Crippen LogP contribution in [0.1, 0.15) is 35.7 Å². The summed E-state index contributed by atoms with van der Waals surface area (Å²) in [5.74, 6) is -0.186. The topological polar surface area (TPSA) is 75.3 Å². The van der Waals surface area contributed by atoms with E-state index in [4.69, 9.17) is 0 Å². The fourth-order valence-corrected chi connectivity index (χ4v) is 3.96. The van der Waals surface area contributed by atoms with Crippen LogP contribution in [0.4, 0.5) is 0 Å². The van der Waals surface area contributed by atoms with E-state index in [0.717, 1.165) is 12.8 Å². The highest BCUT2D eigenvalue weighted by atomic mass is 32.2. The van der Waals surface area contributed by atoms with E-state index in [1.54, 1.807) is 19.1 Å². The van der Waals surface area contributed by atoms with Crippen molar-refractivity contribution in [3.8, 4) is 0 Å². The van der Waals surface area contributed by atoms with E-state index in [1.165, 1.54) is 17.7 Å². The number of sulfonamides is 1. The molecule has 0 unspecified atom stereocenters. The van der Waals surface area contributed by atoms with E-state index in [9.17, 15) is 13.2 Å². The summed E-state index contributed by atoms with van der Waals surface area (Å²) >= 11 is 0. The molecule has 0 atom stereocenters. The average molecular weight is 358 g/mol. The van der Waals surface area contributed by atoms with Crippen LogP contribution >= 0.6 is 0 Å². The third kappa shape index (κ3) is 3.91. The predicted molar refractivity (Wildman–Crippen MR) is 97.0 cm³/mol. The number of nitrogens with one attached hydrogen (secondary N) is 2. The molecule has 0 heterocycles. The van der Waals surface area contributed by atoms with Crippen molar-refractivity contribution in [1.82, 2.24) is 10.0 Å². The minimum absolute atomic E-state index is 0.0469. The largest absolute Gasteiger partial charge is 0.351 e. The van der Waals surface area contributed by atoms with Gasteiger partial charge in [-0.15, -0.1) is 0 Å². The Labute approximate surface area is 148 Å². The molecule has 2 aromatic rings. The molecule has 0 aliphatic heterocycles. The minimum atomic E-state index is -3.50. The molecule has 3 rings (SSSR count). The van der Waals surface area contributed by atoms with Gasteiger partial charge in [0.25, 0.3) is 5.91 Å². The Hall–Kier alpha value is -2.18. The molecular weight excluding hydrogens is 336 g/mol. The van der Waals surface area contributed by atoms with Crippen LogP contribution in [0.25, 0.3) is 0 Å². The van der Waals surface area contributed by atoms with Crippen LogP contribution in [0, 0.1) is 0 Å². The maximum Gasteiger partial charge on any atom is 0.251 e. The highest BCUT2D eigenvalue weighted by molar-refractivity contribution is 7.89. The van der Waals surface area contributed by atoms with E-state index < -0.39 is 10.0 Å². The van der Waals surface area contributed by atoms with Gasteiger partial charge in [0.05, 0.1) is 4.90 Å². The third-order valence-electron chi connectivity index (χ3n) is 4.59. The lowest BCUT2D eigenvalue weighted by atomic mass is 9.96. The normalized spacial score (nSPS) is 15.6. The van der Waals surface area contributed by atoms with Crippen LogP contribution in [0.5, 0.6) is 0 Å². The molecular formula is C19H22N2O3S. The first-order valence-corrected chi connectivity index (χ1v) is 9.89. The lowest BCUT2D eigenvalue weighted by Crippen LogP contribution is -2.32. The fraction of sp³-hybridized carbons (Fsp3) is 0.316. The number of rotatable bonds is 7. The second-order valence-corrected chi connectivity index (χ2v) is 8.12. The summed E-state index contributed by atoms with van der Waals surface area (Å²) in [6.45, 7) is 2.64. The fourth-order valence-electron chi connectivity index (χ4n) is 2.92. The molecule has 2 aromatic carbocycles. The highest BCUT2D eigenvalue weighted by Crippen LogP contribution is 2.47. The first-order chi connectivity index (χ1) is 12.0. The molecule has 25 heavy (non-hydrogen) atoms. The monoisotopic (exact) mass is 358 g/mol. The smallest absolute Gasteiger partial charge is 0.251 e. The molecule has 1 aliphatic carbocycles. The zero-order valence-electron chi connectivity index (χ0n) is 14.2. The van der Waals surface area contributed by atoms with Crippen molar-refractivity contribution in [3.63, 3.8) is 0 Å². The van der Waals surface area contributed by atoms with Gasteiger partial charge in [0.2, 0.25) is 10.0 Å². The molecule has 0 radical (unpaired) electrons. The second kappa shape index (κ2) is 6.98.